The average Bonchev–Trinajstić information content (AvgIpc) is 2.74. The first-order valence-electron chi connectivity index (χ1n) is 9.75. The van der Waals surface area contributed by atoms with Crippen molar-refractivity contribution in [2.45, 2.75) is 24.8 Å². The standard InChI is InChI=1S/C20H25N5O5S/c1-14(24-31(28,29)17-7-5-16(6-8-17)22-15(2)26)20(27)23-18-4-3-9-21-19(18)25-10-12-30-13-11-25/h3-9,14,24H,10-13H2,1-2H3,(H,22,26)(H,23,27)/t14-/m0/s1. The second-order valence-corrected chi connectivity index (χ2v) is 8.73. The van der Waals surface area contributed by atoms with Crippen LogP contribution in [0.15, 0.2) is 47.5 Å². The van der Waals surface area contributed by atoms with E-state index in [0.29, 0.717) is 43.5 Å². The molecular weight excluding hydrogens is 422 g/mol. The van der Waals surface area contributed by atoms with Crippen LogP contribution in [0.2, 0.25) is 0 Å². The minimum Gasteiger partial charge on any atom is -0.378 e. The summed E-state index contributed by atoms with van der Waals surface area (Å²) in [5.74, 6) is -0.158. The van der Waals surface area contributed by atoms with E-state index in [-0.39, 0.29) is 10.8 Å². The first-order valence-corrected chi connectivity index (χ1v) is 11.2. The van der Waals surface area contributed by atoms with E-state index in [1.165, 1.54) is 38.1 Å². The third kappa shape index (κ3) is 6.00. The van der Waals surface area contributed by atoms with Gasteiger partial charge in [-0.2, -0.15) is 4.72 Å². The van der Waals surface area contributed by atoms with Gasteiger partial charge in [-0.05, 0) is 43.3 Å². The van der Waals surface area contributed by atoms with Crippen molar-refractivity contribution < 1.29 is 22.7 Å². The molecule has 0 radical (unpaired) electrons. The lowest BCUT2D eigenvalue weighted by atomic mass is 10.3. The molecule has 3 N–H and O–H groups in total. The summed E-state index contributed by atoms with van der Waals surface area (Å²) in [6, 6.07) is 8.06. The van der Waals surface area contributed by atoms with Crippen molar-refractivity contribution in [3.8, 4) is 0 Å². The van der Waals surface area contributed by atoms with Gasteiger partial charge in [0.05, 0.1) is 29.8 Å². The molecule has 166 valence electrons. The summed E-state index contributed by atoms with van der Waals surface area (Å²) in [6.07, 6.45) is 1.64. The molecule has 1 atom stereocenters. The number of anilines is 3. The van der Waals surface area contributed by atoms with Crippen LogP contribution in [0.4, 0.5) is 17.2 Å². The van der Waals surface area contributed by atoms with Crippen LogP contribution in [0, 0.1) is 0 Å². The van der Waals surface area contributed by atoms with E-state index in [1.54, 1.807) is 18.3 Å². The number of rotatable bonds is 7. The Hall–Kier alpha value is -3.02. The third-order valence-corrected chi connectivity index (χ3v) is 6.12. The monoisotopic (exact) mass is 447 g/mol. The number of nitrogens with one attached hydrogen (secondary N) is 3. The Morgan fingerprint density at radius 2 is 1.77 bits per heavy atom. The summed E-state index contributed by atoms with van der Waals surface area (Å²) in [4.78, 5) is 30.1. The molecule has 3 rings (SSSR count). The highest BCUT2D eigenvalue weighted by molar-refractivity contribution is 7.89. The lowest BCUT2D eigenvalue weighted by Gasteiger charge is -2.29. The van der Waals surface area contributed by atoms with E-state index in [0.717, 1.165) is 0 Å². The van der Waals surface area contributed by atoms with Gasteiger partial charge in [-0.15, -0.1) is 0 Å². The molecule has 0 saturated carbocycles. The first-order chi connectivity index (χ1) is 14.8. The molecule has 1 saturated heterocycles. The van der Waals surface area contributed by atoms with Gasteiger partial charge in [0.2, 0.25) is 21.8 Å². The molecule has 1 aromatic heterocycles. The van der Waals surface area contributed by atoms with Gasteiger partial charge >= 0.3 is 0 Å². The molecular formula is C20H25N5O5S. The second kappa shape index (κ2) is 9.86. The number of pyridine rings is 1. The molecule has 1 aliphatic heterocycles. The fraction of sp³-hybridized carbons (Fsp3) is 0.350. The molecule has 10 nitrogen and oxygen atoms in total. The number of carbonyl (C=O) groups is 2. The van der Waals surface area contributed by atoms with Gasteiger partial charge in [0.1, 0.15) is 0 Å². The van der Waals surface area contributed by atoms with E-state index >= 15 is 0 Å². The molecule has 1 aromatic carbocycles. The highest BCUT2D eigenvalue weighted by Gasteiger charge is 2.24. The maximum absolute atomic E-state index is 12.7. The Kier molecular flexibility index (Phi) is 7.21. The minimum absolute atomic E-state index is 0.0170. The van der Waals surface area contributed by atoms with Crippen LogP contribution in [0.3, 0.4) is 0 Å². The van der Waals surface area contributed by atoms with E-state index in [1.807, 2.05) is 4.90 Å². The first kappa shape index (κ1) is 22.7. The van der Waals surface area contributed by atoms with Crippen molar-refractivity contribution in [1.82, 2.24) is 9.71 Å². The fourth-order valence-electron chi connectivity index (χ4n) is 3.04. The summed E-state index contributed by atoms with van der Waals surface area (Å²) in [6.45, 7) is 5.26. The number of benzene rings is 1. The van der Waals surface area contributed by atoms with Crippen molar-refractivity contribution in [1.29, 1.82) is 0 Å². The van der Waals surface area contributed by atoms with E-state index in [9.17, 15) is 18.0 Å². The van der Waals surface area contributed by atoms with E-state index in [2.05, 4.69) is 20.3 Å². The van der Waals surface area contributed by atoms with Crippen LogP contribution in [0.5, 0.6) is 0 Å². The Morgan fingerprint density at radius 1 is 1.10 bits per heavy atom. The molecule has 2 heterocycles. The number of nitrogens with zero attached hydrogens (tertiary/aromatic N) is 2. The molecule has 2 amide bonds. The lowest BCUT2D eigenvalue weighted by molar-refractivity contribution is -0.117. The molecule has 1 aliphatic rings. The largest absolute Gasteiger partial charge is 0.378 e. The highest BCUT2D eigenvalue weighted by Crippen LogP contribution is 2.24. The molecule has 1 fully saturated rings. The Bertz CT molecular complexity index is 1040. The van der Waals surface area contributed by atoms with Crippen molar-refractivity contribution in [3.05, 3.63) is 42.6 Å². The summed E-state index contributed by atoms with van der Waals surface area (Å²) in [7, 11) is -3.94. The van der Waals surface area contributed by atoms with Gasteiger partial charge in [-0.1, -0.05) is 0 Å². The Morgan fingerprint density at radius 3 is 2.42 bits per heavy atom. The van der Waals surface area contributed by atoms with Crippen LogP contribution in [-0.4, -0.2) is 57.6 Å². The van der Waals surface area contributed by atoms with Gasteiger partial charge in [0, 0.05) is 31.9 Å². The maximum atomic E-state index is 12.7. The topological polar surface area (TPSA) is 130 Å². The van der Waals surface area contributed by atoms with Crippen LogP contribution in [-0.2, 0) is 24.3 Å². The zero-order valence-electron chi connectivity index (χ0n) is 17.3. The summed E-state index contributed by atoms with van der Waals surface area (Å²) in [5, 5.41) is 5.32. The summed E-state index contributed by atoms with van der Waals surface area (Å²) < 4.78 is 33.0. The molecule has 0 spiro atoms. The molecule has 31 heavy (non-hydrogen) atoms. The van der Waals surface area contributed by atoms with Crippen molar-refractivity contribution in [2.75, 3.05) is 41.8 Å². The Labute approximate surface area is 181 Å². The van der Waals surface area contributed by atoms with Gasteiger partial charge in [-0.3, -0.25) is 9.59 Å². The van der Waals surface area contributed by atoms with Crippen LogP contribution >= 0.6 is 0 Å². The molecule has 11 heteroatoms. The molecule has 2 aromatic rings. The smallest absolute Gasteiger partial charge is 0.242 e. The number of aromatic nitrogens is 1. The van der Waals surface area contributed by atoms with Crippen molar-refractivity contribution in [3.63, 3.8) is 0 Å². The number of morpholine rings is 1. The zero-order valence-corrected chi connectivity index (χ0v) is 18.1. The maximum Gasteiger partial charge on any atom is 0.242 e. The summed E-state index contributed by atoms with van der Waals surface area (Å²) in [5.41, 5.74) is 0.976. The normalized spacial score (nSPS) is 15.2. The quantitative estimate of drug-likeness (QED) is 0.581. The molecule has 0 unspecified atom stereocenters. The van der Waals surface area contributed by atoms with Crippen LogP contribution in [0.1, 0.15) is 13.8 Å². The number of carbonyl (C=O) groups excluding carboxylic acids is 2. The van der Waals surface area contributed by atoms with Gasteiger partial charge in [0.25, 0.3) is 0 Å². The average molecular weight is 448 g/mol. The van der Waals surface area contributed by atoms with Crippen molar-refractivity contribution >= 4 is 39.0 Å². The SMILES string of the molecule is CC(=O)Nc1ccc(S(=O)(=O)N[C@@H](C)C(=O)Nc2cccnc2N2CCOCC2)cc1. The van der Waals surface area contributed by atoms with Crippen LogP contribution < -0.4 is 20.3 Å². The second-order valence-electron chi connectivity index (χ2n) is 7.01. The fourth-order valence-corrected chi connectivity index (χ4v) is 4.24. The predicted molar refractivity (Wildman–Crippen MR) is 116 cm³/mol. The Balaban J connectivity index is 1.67. The van der Waals surface area contributed by atoms with E-state index in [4.69, 9.17) is 4.74 Å². The minimum atomic E-state index is -3.94. The number of amides is 2. The van der Waals surface area contributed by atoms with Gasteiger partial charge < -0.3 is 20.3 Å². The lowest BCUT2D eigenvalue weighted by Crippen LogP contribution is -2.42. The van der Waals surface area contributed by atoms with E-state index < -0.39 is 22.0 Å². The predicted octanol–water partition coefficient (Wildman–Crippen LogP) is 1.18. The highest BCUT2D eigenvalue weighted by atomic mass is 32.2. The van der Waals surface area contributed by atoms with Crippen molar-refractivity contribution in [2.24, 2.45) is 0 Å². The molecule has 0 aliphatic carbocycles. The number of sulfonamides is 1. The number of hydrogen-bond acceptors (Lipinski definition) is 7. The van der Waals surface area contributed by atoms with Gasteiger partial charge in [-0.25, -0.2) is 13.4 Å². The zero-order chi connectivity index (χ0) is 22.4. The molecule has 0 bridgehead atoms. The summed E-state index contributed by atoms with van der Waals surface area (Å²) >= 11 is 0. The number of ether oxygens (including phenoxy) is 1. The van der Waals surface area contributed by atoms with Gasteiger partial charge in [0.15, 0.2) is 5.82 Å². The number of hydrogen-bond donors (Lipinski definition) is 3. The van der Waals surface area contributed by atoms with Crippen LogP contribution in [0.25, 0.3) is 0 Å². The third-order valence-electron chi connectivity index (χ3n) is 4.57.